The second-order valence-corrected chi connectivity index (χ2v) is 13.6. The minimum Gasteiger partial charge on any atom is -0.140 e. The molecule has 0 radical (unpaired) electrons. The zero-order valence-electron chi connectivity index (χ0n) is 16.7. The number of thioether (sulfide) groups is 1. The molecular weight excluding hydrogens is 441 g/mol. The number of rotatable bonds is 0. The van der Waals surface area contributed by atoms with E-state index in [4.69, 9.17) is 0 Å². The van der Waals surface area contributed by atoms with Crippen molar-refractivity contribution >= 4 is 65.9 Å². The van der Waals surface area contributed by atoms with E-state index in [9.17, 15) is 0 Å². The molecule has 0 spiro atoms. The Morgan fingerprint density at radius 2 is 1.53 bits per heavy atom. The average molecular weight is 459 g/mol. The Labute approximate surface area is 191 Å². The molecule has 0 amide bonds. The highest BCUT2D eigenvalue weighted by Crippen LogP contribution is 2.66. The van der Waals surface area contributed by atoms with Crippen LogP contribution in [0.25, 0.3) is 30.6 Å². The van der Waals surface area contributed by atoms with Crippen molar-refractivity contribution in [1.29, 1.82) is 0 Å². The predicted molar refractivity (Wildman–Crippen MR) is 134 cm³/mol. The Hall–Kier alpha value is -1.59. The number of hydrogen-bond donors (Lipinski definition) is 0. The van der Waals surface area contributed by atoms with Crippen LogP contribution in [0.2, 0.25) is 0 Å². The maximum Gasteiger partial charge on any atom is 0.0428 e. The zero-order valence-corrected chi connectivity index (χ0v) is 19.9. The van der Waals surface area contributed by atoms with Gasteiger partial charge in [0.1, 0.15) is 0 Å². The molecule has 0 N–H and O–H groups in total. The van der Waals surface area contributed by atoms with Crippen molar-refractivity contribution in [3.63, 3.8) is 0 Å². The summed E-state index contributed by atoms with van der Waals surface area (Å²) in [5.41, 5.74) is 8.00. The first-order valence-electron chi connectivity index (χ1n) is 10.5. The second kappa shape index (κ2) is 5.60. The number of hydrogen-bond acceptors (Lipinski definition) is 4. The van der Waals surface area contributed by atoms with Crippen molar-refractivity contribution in [3.8, 4) is 10.4 Å². The van der Waals surface area contributed by atoms with Gasteiger partial charge in [-0.1, -0.05) is 24.3 Å². The second-order valence-electron chi connectivity index (χ2n) is 8.90. The molecule has 0 bridgehead atoms. The molecule has 2 aromatic carbocycles. The predicted octanol–water partition coefficient (Wildman–Crippen LogP) is 8.85. The van der Waals surface area contributed by atoms with Gasteiger partial charge in [-0.2, -0.15) is 0 Å². The fraction of sp³-hybridized carbons (Fsp3) is 0.231. The SMILES string of the molecule is Cc1cc2ccc3c(c2s1)Cc1c-3sc2c1SC1c3ccc4cc(C)sc4c3CC21. The quantitative estimate of drug-likeness (QED) is 0.219. The fourth-order valence-electron chi connectivity index (χ4n) is 5.90. The van der Waals surface area contributed by atoms with Crippen molar-refractivity contribution in [2.45, 2.75) is 42.8 Å². The third kappa shape index (κ3) is 2.00. The van der Waals surface area contributed by atoms with Crippen LogP contribution in [-0.2, 0) is 12.8 Å². The maximum atomic E-state index is 2.44. The molecule has 5 aromatic rings. The van der Waals surface area contributed by atoms with Gasteiger partial charge in [0, 0.05) is 51.4 Å². The first-order chi connectivity index (χ1) is 14.7. The highest BCUT2D eigenvalue weighted by atomic mass is 32.2. The molecular formula is C26H18S4. The molecule has 0 fully saturated rings. The summed E-state index contributed by atoms with van der Waals surface area (Å²) in [5.74, 6) is 0.680. The van der Waals surface area contributed by atoms with Crippen LogP contribution in [-0.4, -0.2) is 0 Å². The van der Waals surface area contributed by atoms with Crippen LogP contribution in [0.1, 0.15) is 48.1 Å². The van der Waals surface area contributed by atoms with Gasteiger partial charge in [0.15, 0.2) is 0 Å². The first kappa shape index (κ1) is 17.0. The molecule has 146 valence electrons. The Kier molecular flexibility index (Phi) is 3.18. The van der Waals surface area contributed by atoms with Crippen LogP contribution in [0.5, 0.6) is 0 Å². The van der Waals surface area contributed by atoms with Crippen LogP contribution < -0.4 is 0 Å². The Morgan fingerprint density at radius 1 is 0.800 bits per heavy atom. The van der Waals surface area contributed by atoms with Gasteiger partial charge in [-0.25, -0.2) is 0 Å². The summed E-state index contributed by atoms with van der Waals surface area (Å²) in [5, 5.41) is 3.50. The van der Waals surface area contributed by atoms with E-state index in [0.717, 1.165) is 6.42 Å². The van der Waals surface area contributed by atoms with E-state index in [2.05, 4.69) is 73.3 Å². The minimum atomic E-state index is 0.631. The molecule has 3 aromatic heterocycles. The number of benzene rings is 2. The van der Waals surface area contributed by atoms with Gasteiger partial charge in [-0.15, -0.1) is 45.8 Å². The van der Waals surface area contributed by atoms with E-state index < -0.39 is 0 Å². The monoisotopic (exact) mass is 458 g/mol. The lowest BCUT2D eigenvalue weighted by Gasteiger charge is -2.10. The Balaban J connectivity index is 1.27. The summed E-state index contributed by atoms with van der Waals surface area (Å²) in [6.45, 7) is 4.48. The van der Waals surface area contributed by atoms with Gasteiger partial charge in [-0.05, 0) is 71.0 Å². The van der Waals surface area contributed by atoms with E-state index in [0.29, 0.717) is 11.2 Å². The van der Waals surface area contributed by atoms with Gasteiger partial charge < -0.3 is 0 Å². The van der Waals surface area contributed by atoms with E-state index in [1.807, 2.05) is 22.7 Å². The van der Waals surface area contributed by atoms with Crippen molar-refractivity contribution in [2.24, 2.45) is 0 Å². The molecule has 2 atom stereocenters. The highest BCUT2D eigenvalue weighted by molar-refractivity contribution is 8.00. The van der Waals surface area contributed by atoms with Crippen molar-refractivity contribution in [2.75, 3.05) is 0 Å². The third-order valence-corrected chi connectivity index (χ3v) is 12.4. The largest absolute Gasteiger partial charge is 0.140 e. The van der Waals surface area contributed by atoms with Crippen LogP contribution >= 0.6 is 45.8 Å². The van der Waals surface area contributed by atoms with E-state index in [-0.39, 0.29) is 0 Å². The van der Waals surface area contributed by atoms with E-state index >= 15 is 0 Å². The molecule has 2 unspecified atom stereocenters. The van der Waals surface area contributed by atoms with Crippen LogP contribution in [0.4, 0.5) is 0 Å². The van der Waals surface area contributed by atoms with Gasteiger partial charge in [0.25, 0.3) is 0 Å². The lowest BCUT2D eigenvalue weighted by molar-refractivity contribution is 0.752. The van der Waals surface area contributed by atoms with Crippen molar-refractivity contribution < 1.29 is 0 Å². The van der Waals surface area contributed by atoms with E-state index in [1.165, 1.54) is 37.2 Å². The maximum absolute atomic E-state index is 2.44. The number of thiophene rings is 3. The minimum absolute atomic E-state index is 0.631. The Bertz CT molecular complexity index is 1560. The molecule has 0 saturated heterocycles. The third-order valence-electron chi connectivity index (χ3n) is 7.12. The molecule has 30 heavy (non-hydrogen) atoms. The molecule has 4 heteroatoms. The lowest BCUT2D eigenvalue weighted by Crippen LogP contribution is -1.94. The normalized spacial score (nSPS) is 20.6. The van der Waals surface area contributed by atoms with Crippen molar-refractivity contribution in [3.05, 3.63) is 73.3 Å². The first-order valence-corrected chi connectivity index (χ1v) is 13.8. The zero-order chi connectivity index (χ0) is 19.7. The summed E-state index contributed by atoms with van der Waals surface area (Å²) in [7, 11) is 0. The van der Waals surface area contributed by atoms with Gasteiger partial charge in [0.05, 0.1) is 0 Å². The lowest BCUT2D eigenvalue weighted by atomic mass is 10.0. The topological polar surface area (TPSA) is 0 Å². The molecule has 3 aliphatic rings. The summed E-state index contributed by atoms with van der Waals surface area (Å²) < 4.78 is 3.07. The Morgan fingerprint density at radius 3 is 2.33 bits per heavy atom. The number of aryl methyl sites for hydroxylation is 2. The van der Waals surface area contributed by atoms with Gasteiger partial charge >= 0.3 is 0 Å². The smallest absolute Gasteiger partial charge is 0.0428 e. The molecule has 1 aliphatic heterocycles. The van der Waals surface area contributed by atoms with Crippen LogP contribution in [0.15, 0.2) is 41.3 Å². The highest BCUT2D eigenvalue weighted by Gasteiger charge is 2.45. The summed E-state index contributed by atoms with van der Waals surface area (Å²) in [6.07, 6.45) is 2.36. The van der Waals surface area contributed by atoms with Gasteiger partial charge in [0.2, 0.25) is 0 Å². The van der Waals surface area contributed by atoms with Crippen molar-refractivity contribution in [1.82, 2.24) is 0 Å². The molecule has 0 saturated carbocycles. The fourth-order valence-corrected chi connectivity index (χ4v) is 11.4. The van der Waals surface area contributed by atoms with E-state index in [1.54, 1.807) is 41.6 Å². The molecule has 8 rings (SSSR count). The average Bonchev–Trinajstić information content (AvgIpc) is 3.49. The molecule has 4 heterocycles. The van der Waals surface area contributed by atoms with Gasteiger partial charge in [-0.3, -0.25) is 0 Å². The summed E-state index contributed by atoms with van der Waals surface area (Å²) in [4.78, 5) is 7.75. The molecule has 2 aliphatic carbocycles. The van der Waals surface area contributed by atoms with Crippen LogP contribution in [0, 0.1) is 13.8 Å². The summed E-state index contributed by atoms with van der Waals surface area (Å²) in [6, 6.07) is 14.2. The van der Waals surface area contributed by atoms with Crippen LogP contribution in [0.3, 0.4) is 0 Å². The summed E-state index contributed by atoms with van der Waals surface area (Å²) >= 11 is 8.26. The standard InChI is InChI=1S/C26H18S4/c1-11-7-13-3-5-15-17(21(13)27-11)9-19-23(15)29-26-20-10-18-16(24(20)30-25(19)26)6-4-14-8-12(2)28-22(14)18/h3-8,19,23H,9-10H2,1-2H3. The molecule has 0 nitrogen and oxygen atoms in total. The number of fused-ring (bicyclic) bond motifs is 13.